The lowest BCUT2D eigenvalue weighted by Crippen LogP contribution is -2.33. The molecule has 0 radical (unpaired) electrons. The van der Waals surface area contributed by atoms with Gasteiger partial charge < -0.3 is 10.2 Å². The fourth-order valence-corrected chi connectivity index (χ4v) is 2.81. The molecule has 2 aromatic rings. The van der Waals surface area contributed by atoms with Crippen LogP contribution in [0.5, 0.6) is 0 Å². The molecule has 0 aliphatic carbocycles. The molecule has 6 nitrogen and oxygen atoms in total. The Hall–Kier alpha value is -3.03. The topological polar surface area (TPSA) is 75.5 Å². The summed E-state index contributed by atoms with van der Waals surface area (Å²) in [7, 11) is 0. The lowest BCUT2D eigenvalue weighted by molar-refractivity contribution is -0.384. The molecule has 1 saturated heterocycles. The minimum Gasteiger partial charge on any atom is -0.368 e. The number of halogens is 2. The zero-order valence-electron chi connectivity index (χ0n) is 13.1. The minimum atomic E-state index is -0.715. The molecular formula is C17H15F2N3O3. The Morgan fingerprint density at radius 3 is 2.52 bits per heavy atom. The van der Waals surface area contributed by atoms with E-state index in [1.807, 2.05) is 0 Å². The summed E-state index contributed by atoms with van der Waals surface area (Å²) >= 11 is 0. The number of hydrogen-bond acceptors (Lipinski definition) is 4. The van der Waals surface area contributed by atoms with Crippen molar-refractivity contribution in [2.75, 3.05) is 11.9 Å². The molecule has 0 aromatic heterocycles. The smallest absolute Gasteiger partial charge is 0.295 e. The van der Waals surface area contributed by atoms with Crippen LogP contribution in [-0.4, -0.2) is 28.3 Å². The second-order valence-corrected chi connectivity index (χ2v) is 5.79. The first-order valence-corrected chi connectivity index (χ1v) is 7.68. The molecule has 130 valence electrons. The molecule has 3 rings (SSSR count). The van der Waals surface area contributed by atoms with Crippen molar-refractivity contribution in [2.24, 2.45) is 0 Å². The number of nitrogens with zero attached hydrogens (tertiary/aromatic N) is 2. The Morgan fingerprint density at radius 2 is 1.84 bits per heavy atom. The number of hydrogen-bond donors (Lipinski definition) is 1. The van der Waals surface area contributed by atoms with Crippen LogP contribution in [0.25, 0.3) is 0 Å². The molecule has 1 aliphatic heterocycles. The van der Waals surface area contributed by atoms with Crippen LogP contribution >= 0.6 is 0 Å². The zero-order valence-corrected chi connectivity index (χ0v) is 13.1. The van der Waals surface area contributed by atoms with E-state index < -0.39 is 22.5 Å². The van der Waals surface area contributed by atoms with E-state index in [4.69, 9.17) is 0 Å². The third-order valence-electron chi connectivity index (χ3n) is 4.07. The fourth-order valence-electron chi connectivity index (χ4n) is 2.81. The van der Waals surface area contributed by atoms with Crippen molar-refractivity contribution in [2.45, 2.75) is 19.0 Å². The SMILES string of the molecule is O=C1C(Nc2ccc(F)cc2[N+](=O)[O-])CCN1Cc1ccc(F)cc1. The van der Waals surface area contributed by atoms with Crippen molar-refractivity contribution < 1.29 is 18.5 Å². The highest BCUT2D eigenvalue weighted by molar-refractivity contribution is 5.87. The van der Waals surface area contributed by atoms with E-state index in [0.717, 1.165) is 17.7 Å². The van der Waals surface area contributed by atoms with Crippen LogP contribution in [0.15, 0.2) is 42.5 Å². The quantitative estimate of drug-likeness (QED) is 0.666. The Balaban J connectivity index is 1.70. The van der Waals surface area contributed by atoms with Crippen molar-refractivity contribution >= 4 is 17.3 Å². The molecule has 1 aliphatic rings. The van der Waals surface area contributed by atoms with Crippen LogP contribution in [0.2, 0.25) is 0 Å². The number of amides is 1. The second-order valence-electron chi connectivity index (χ2n) is 5.79. The summed E-state index contributed by atoms with van der Waals surface area (Å²) in [5, 5.41) is 13.9. The van der Waals surface area contributed by atoms with Crippen molar-refractivity contribution in [3.63, 3.8) is 0 Å². The third kappa shape index (κ3) is 3.73. The summed E-state index contributed by atoms with van der Waals surface area (Å²) in [6.45, 7) is 0.811. The summed E-state index contributed by atoms with van der Waals surface area (Å²) in [6.07, 6.45) is 0.467. The fraction of sp³-hybridized carbons (Fsp3) is 0.235. The number of anilines is 1. The predicted molar refractivity (Wildman–Crippen MR) is 86.9 cm³/mol. The molecule has 1 fully saturated rings. The van der Waals surface area contributed by atoms with Crippen LogP contribution in [0.1, 0.15) is 12.0 Å². The van der Waals surface area contributed by atoms with Crippen molar-refractivity contribution in [1.29, 1.82) is 0 Å². The Morgan fingerprint density at radius 1 is 1.16 bits per heavy atom. The van der Waals surface area contributed by atoms with Crippen LogP contribution in [-0.2, 0) is 11.3 Å². The number of benzene rings is 2. The lowest BCUT2D eigenvalue weighted by atomic mass is 10.2. The van der Waals surface area contributed by atoms with Gasteiger partial charge in [0, 0.05) is 13.1 Å². The summed E-state index contributed by atoms with van der Waals surface area (Å²) in [5.74, 6) is -1.27. The average molecular weight is 347 g/mol. The first kappa shape index (κ1) is 16.8. The first-order valence-electron chi connectivity index (χ1n) is 7.68. The molecule has 8 heteroatoms. The summed E-state index contributed by atoms with van der Waals surface area (Å²) in [6, 6.07) is 8.42. The maximum absolute atomic E-state index is 13.2. The number of carbonyl (C=O) groups is 1. The van der Waals surface area contributed by atoms with Gasteiger partial charge in [0.05, 0.1) is 11.0 Å². The van der Waals surface area contributed by atoms with Crippen molar-refractivity contribution in [3.05, 3.63) is 69.8 Å². The average Bonchev–Trinajstić information content (AvgIpc) is 2.91. The van der Waals surface area contributed by atoms with Crippen LogP contribution in [0, 0.1) is 21.7 Å². The van der Waals surface area contributed by atoms with E-state index in [1.54, 1.807) is 17.0 Å². The van der Waals surface area contributed by atoms with Gasteiger partial charge in [-0.25, -0.2) is 8.78 Å². The molecule has 0 bridgehead atoms. The van der Waals surface area contributed by atoms with Gasteiger partial charge in [0.1, 0.15) is 23.4 Å². The second kappa shape index (κ2) is 6.84. The number of nitrogens with one attached hydrogen (secondary N) is 1. The Labute approximate surface area is 142 Å². The van der Waals surface area contributed by atoms with E-state index in [9.17, 15) is 23.7 Å². The molecule has 1 amide bonds. The number of likely N-dealkylation sites (tertiary alicyclic amines) is 1. The molecule has 1 heterocycles. The van der Waals surface area contributed by atoms with Gasteiger partial charge in [-0.05, 0) is 36.2 Å². The number of nitro groups is 1. The first-order chi connectivity index (χ1) is 11.9. The van der Waals surface area contributed by atoms with E-state index in [1.165, 1.54) is 18.2 Å². The van der Waals surface area contributed by atoms with Gasteiger partial charge in [0.2, 0.25) is 5.91 Å². The monoisotopic (exact) mass is 347 g/mol. The molecular weight excluding hydrogens is 332 g/mol. The molecule has 0 saturated carbocycles. The van der Waals surface area contributed by atoms with E-state index in [0.29, 0.717) is 19.5 Å². The molecule has 2 aromatic carbocycles. The van der Waals surface area contributed by atoms with E-state index >= 15 is 0 Å². The number of carbonyl (C=O) groups excluding carboxylic acids is 1. The highest BCUT2D eigenvalue weighted by Gasteiger charge is 2.32. The van der Waals surface area contributed by atoms with Gasteiger partial charge in [-0.1, -0.05) is 12.1 Å². The van der Waals surface area contributed by atoms with Crippen LogP contribution < -0.4 is 5.32 Å². The third-order valence-corrected chi connectivity index (χ3v) is 4.07. The number of nitro benzene ring substituents is 1. The molecule has 1 unspecified atom stereocenters. The number of rotatable bonds is 5. The van der Waals surface area contributed by atoms with Gasteiger partial charge >= 0.3 is 0 Å². The maximum Gasteiger partial charge on any atom is 0.295 e. The molecule has 1 atom stereocenters. The highest BCUT2D eigenvalue weighted by atomic mass is 19.1. The zero-order chi connectivity index (χ0) is 18.0. The molecule has 1 N–H and O–H groups in total. The maximum atomic E-state index is 13.2. The summed E-state index contributed by atoms with van der Waals surface area (Å²) in [4.78, 5) is 24.4. The summed E-state index contributed by atoms with van der Waals surface area (Å²) < 4.78 is 26.1. The summed E-state index contributed by atoms with van der Waals surface area (Å²) in [5.41, 5.74) is 0.487. The van der Waals surface area contributed by atoms with Crippen LogP contribution in [0.4, 0.5) is 20.2 Å². The van der Waals surface area contributed by atoms with Gasteiger partial charge in [0.15, 0.2) is 0 Å². The Bertz CT molecular complexity index is 811. The largest absolute Gasteiger partial charge is 0.368 e. The highest BCUT2D eigenvalue weighted by Crippen LogP contribution is 2.28. The van der Waals surface area contributed by atoms with Gasteiger partial charge in [-0.2, -0.15) is 0 Å². The van der Waals surface area contributed by atoms with E-state index in [2.05, 4.69) is 5.32 Å². The van der Waals surface area contributed by atoms with Crippen molar-refractivity contribution in [1.82, 2.24) is 4.90 Å². The lowest BCUT2D eigenvalue weighted by Gasteiger charge is -2.17. The van der Waals surface area contributed by atoms with E-state index in [-0.39, 0.29) is 17.4 Å². The van der Waals surface area contributed by atoms with Crippen molar-refractivity contribution in [3.8, 4) is 0 Å². The standard InChI is InChI=1S/C17H15F2N3O3/c18-12-3-1-11(2-4-12)10-21-8-7-15(17(21)23)20-14-6-5-13(19)9-16(14)22(24)25/h1-6,9,15,20H,7-8,10H2. The molecule has 0 spiro atoms. The normalized spacial score (nSPS) is 17.0. The van der Waals surface area contributed by atoms with Gasteiger partial charge in [0.25, 0.3) is 5.69 Å². The van der Waals surface area contributed by atoms with Gasteiger partial charge in [-0.3, -0.25) is 14.9 Å². The minimum absolute atomic E-state index is 0.105. The van der Waals surface area contributed by atoms with Crippen LogP contribution in [0.3, 0.4) is 0 Å². The molecule has 25 heavy (non-hydrogen) atoms. The predicted octanol–water partition coefficient (Wildman–Crippen LogP) is 3.09. The van der Waals surface area contributed by atoms with Gasteiger partial charge in [-0.15, -0.1) is 0 Å². The Kier molecular flexibility index (Phi) is 4.60.